The molecule has 4 rings (SSSR count). The Morgan fingerprint density at radius 3 is 2.50 bits per heavy atom. The van der Waals surface area contributed by atoms with Gasteiger partial charge in [0.1, 0.15) is 0 Å². The molecule has 1 heterocycles. The Morgan fingerprint density at radius 2 is 1.75 bits per heavy atom. The van der Waals surface area contributed by atoms with E-state index in [1.54, 1.807) is 6.07 Å². The summed E-state index contributed by atoms with van der Waals surface area (Å²) in [5.41, 5.74) is 12.8. The van der Waals surface area contributed by atoms with E-state index in [9.17, 15) is 9.59 Å². The largest absolute Gasteiger partial charge is 0.366 e. The third kappa shape index (κ3) is 2.53. The van der Waals surface area contributed by atoms with Crippen molar-refractivity contribution in [3.8, 4) is 0 Å². The summed E-state index contributed by atoms with van der Waals surface area (Å²) in [5.74, 6) is 1.92. The number of nitrogens with two attached hydrogens (primary N) is 2. The van der Waals surface area contributed by atoms with Crippen molar-refractivity contribution in [3.05, 3.63) is 26.9 Å². The molecule has 4 unspecified atom stereocenters. The van der Waals surface area contributed by atoms with Crippen molar-refractivity contribution >= 4 is 23.2 Å². The van der Waals surface area contributed by atoms with Crippen LogP contribution in [0, 0.1) is 17.8 Å². The minimum atomic E-state index is -0.469. The molecule has 4 atom stereocenters. The van der Waals surface area contributed by atoms with E-state index in [-0.39, 0.29) is 0 Å². The van der Waals surface area contributed by atoms with Gasteiger partial charge in [0, 0.05) is 18.1 Å². The zero-order chi connectivity index (χ0) is 16.8. The highest BCUT2D eigenvalue weighted by molar-refractivity contribution is 7.13. The molecule has 2 saturated carbocycles. The van der Waals surface area contributed by atoms with Crippen LogP contribution in [0.2, 0.25) is 0 Å². The number of carbonyl (C=O) groups is 2. The van der Waals surface area contributed by atoms with Crippen molar-refractivity contribution in [2.24, 2.45) is 29.2 Å². The molecule has 4 nitrogen and oxygen atoms in total. The Labute approximate surface area is 146 Å². The Balaban J connectivity index is 1.78. The molecule has 128 valence electrons. The van der Waals surface area contributed by atoms with Gasteiger partial charge < -0.3 is 11.5 Å². The molecule has 1 aromatic heterocycles. The summed E-state index contributed by atoms with van der Waals surface area (Å²) in [4.78, 5) is 25.3. The fourth-order valence-electron chi connectivity index (χ4n) is 5.63. The van der Waals surface area contributed by atoms with E-state index in [4.69, 9.17) is 11.5 Å². The van der Waals surface area contributed by atoms with E-state index in [0.717, 1.165) is 35.1 Å². The summed E-state index contributed by atoms with van der Waals surface area (Å²) in [6, 6.07) is 1.64. The number of hydrogen-bond donors (Lipinski definition) is 2. The van der Waals surface area contributed by atoms with E-state index >= 15 is 0 Å². The molecule has 4 N–H and O–H groups in total. The summed E-state index contributed by atoms with van der Waals surface area (Å²) >= 11 is 1.47. The van der Waals surface area contributed by atoms with Gasteiger partial charge in [0.25, 0.3) is 4.88 Å². The average molecular weight is 345 g/mol. The fourth-order valence-corrected chi connectivity index (χ4v) is 6.76. The third-order valence-electron chi connectivity index (χ3n) is 6.57. The summed E-state index contributed by atoms with van der Waals surface area (Å²) in [5, 5.41) is 0. The van der Waals surface area contributed by atoms with Crippen LogP contribution in [0.25, 0.3) is 0 Å². The van der Waals surface area contributed by atoms with Crippen LogP contribution in [0.5, 0.6) is 0 Å². The monoisotopic (exact) mass is 345 g/mol. The topological polar surface area (TPSA) is 86.2 Å². The quantitative estimate of drug-likeness (QED) is 0.804. The molecule has 1 aromatic rings. The van der Waals surface area contributed by atoms with Crippen LogP contribution in [-0.2, 0) is 6.42 Å². The van der Waals surface area contributed by atoms with Crippen molar-refractivity contribution in [1.29, 1.82) is 0 Å². The van der Waals surface area contributed by atoms with Crippen molar-refractivity contribution in [2.45, 2.75) is 57.3 Å². The van der Waals surface area contributed by atoms with E-state index in [1.807, 2.05) is 0 Å². The van der Waals surface area contributed by atoms with Crippen LogP contribution < -0.4 is 11.5 Å². The van der Waals surface area contributed by atoms with Crippen LogP contribution in [0.3, 0.4) is 0 Å². The van der Waals surface area contributed by atoms with E-state index in [2.05, 4.69) is 0 Å². The lowest BCUT2D eigenvalue weighted by Gasteiger charge is -2.47. The highest BCUT2D eigenvalue weighted by Gasteiger charge is 2.46. The molecule has 0 aromatic carbocycles. The van der Waals surface area contributed by atoms with Gasteiger partial charge in [-0.05, 0) is 49.4 Å². The maximum absolute atomic E-state index is 12.1. The van der Waals surface area contributed by atoms with Gasteiger partial charge in [0.2, 0.25) is 22.1 Å². The molecule has 3 aliphatic rings. The molecular weight excluding hydrogens is 320 g/mol. The smallest absolute Gasteiger partial charge is 0.307 e. The second kappa shape index (κ2) is 6.10. The molecule has 0 aliphatic heterocycles. The Morgan fingerprint density at radius 1 is 0.958 bits per heavy atom. The number of amides is 2. The molecule has 0 saturated heterocycles. The van der Waals surface area contributed by atoms with Gasteiger partial charge in [0.15, 0.2) is 0 Å². The molecule has 5 heteroatoms. The van der Waals surface area contributed by atoms with Crippen LogP contribution in [0.4, 0.5) is 0 Å². The van der Waals surface area contributed by atoms with Crippen LogP contribution >= 0.6 is 11.3 Å². The predicted octanol–water partition coefficient (Wildman–Crippen LogP) is 3.47. The van der Waals surface area contributed by atoms with Gasteiger partial charge in [-0.25, -0.2) is 0 Å². The lowest BCUT2D eigenvalue weighted by Crippen LogP contribution is -2.39. The van der Waals surface area contributed by atoms with Crippen LogP contribution in [0.15, 0.2) is 6.07 Å². The molecule has 0 spiro atoms. The lowest BCUT2D eigenvalue weighted by atomic mass is 9.57. The van der Waals surface area contributed by atoms with Crippen molar-refractivity contribution in [2.75, 3.05) is 0 Å². The first kappa shape index (κ1) is 16.0. The summed E-state index contributed by atoms with van der Waals surface area (Å²) in [7, 11) is 0. The number of primary amides is 2. The number of rotatable bonds is 2. The normalized spacial score (nSPS) is 31.5. The number of fused-ring (bicyclic) bond motifs is 5. The minimum absolute atomic E-state index is 0.423. The standard InChI is InChI=1S/C19H24N2O2S/c20-18(22)14-9-16(19(21)23)24-15-8-7-12-11-4-2-1-3-10(11)5-6-13(12)17(14)15/h9-13H,1-8H2,(H3-,20,21,22,23)/p+1. The summed E-state index contributed by atoms with van der Waals surface area (Å²) in [6.45, 7) is 0. The summed E-state index contributed by atoms with van der Waals surface area (Å²) in [6.07, 6.45) is 10.0. The van der Waals surface area contributed by atoms with Crippen molar-refractivity contribution in [3.63, 3.8) is 0 Å². The minimum Gasteiger partial charge on any atom is -0.366 e. The first-order valence-electron chi connectivity index (χ1n) is 9.15. The SMILES string of the molecule is NC(=O)c1cc(C(N)=O)c2c([s+]1)CCC1C2CCC2CCCCC21. The first-order chi connectivity index (χ1) is 11.6. The molecule has 3 aliphatic carbocycles. The molecule has 0 radical (unpaired) electrons. The van der Waals surface area contributed by atoms with Gasteiger partial charge in [-0.1, -0.05) is 19.3 Å². The molecule has 2 fully saturated rings. The Kier molecular flexibility index (Phi) is 4.07. The highest BCUT2D eigenvalue weighted by atomic mass is 32.1. The maximum Gasteiger partial charge on any atom is 0.307 e. The van der Waals surface area contributed by atoms with E-state index in [1.165, 1.54) is 49.9 Å². The zero-order valence-electron chi connectivity index (χ0n) is 13.9. The Bertz CT molecular complexity index is 703. The van der Waals surface area contributed by atoms with Gasteiger partial charge >= 0.3 is 5.91 Å². The van der Waals surface area contributed by atoms with E-state index < -0.39 is 11.8 Å². The molecule has 0 bridgehead atoms. The van der Waals surface area contributed by atoms with Crippen molar-refractivity contribution in [1.82, 2.24) is 0 Å². The van der Waals surface area contributed by atoms with Gasteiger partial charge in [-0.3, -0.25) is 9.59 Å². The Hall–Kier alpha value is -1.49. The van der Waals surface area contributed by atoms with E-state index in [0.29, 0.717) is 22.3 Å². The molecule has 24 heavy (non-hydrogen) atoms. The average Bonchev–Trinajstić information content (AvgIpc) is 2.59. The predicted molar refractivity (Wildman–Crippen MR) is 95.0 cm³/mol. The van der Waals surface area contributed by atoms with Crippen LogP contribution in [0.1, 0.15) is 81.3 Å². The summed E-state index contributed by atoms with van der Waals surface area (Å²) < 4.78 is 0. The fraction of sp³-hybridized carbons (Fsp3) is 0.632. The number of aryl methyl sites for hydroxylation is 1. The highest BCUT2D eigenvalue weighted by Crippen LogP contribution is 2.55. The van der Waals surface area contributed by atoms with Crippen molar-refractivity contribution < 1.29 is 9.59 Å². The van der Waals surface area contributed by atoms with Crippen LogP contribution in [-0.4, -0.2) is 11.8 Å². The lowest BCUT2D eigenvalue weighted by molar-refractivity contribution is 0.0733. The van der Waals surface area contributed by atoms with Gasteiger partial charge in [0.05, 0.1) is 5.56 Å². The zero-order valence-corrected chi connectivity index (χ0v) is 14.7. The molecular formula is C19H25N2O2S+. The second-order valence-corrected chi connectivity index (χ2v) is 8.82. The molecule has 2 amide bonds. The maximum atomic E-state index is 12.1. The second-order valence-electron chi connectivity index (χ2n) is 7.68. The van der Waals surface area contributed by atoms with Gasteiger partial charge in [-0.2, -0.15) is 0 Å². The third-order valence-corrected chi connectivity index (χ3v) is 7.78. The number of hydrogen-bond acceptors (Lipinski definition) is 2. The first-order valence-corrected chi connectivity index (χ1v) is 9.97. The number of carbonyl (C=O) groups excluding carboxylic acids is 2. The van der Waals surface area contributed by atoms with Gasteiger partial charge in [-0.15, -0.1) is 0 Å².